The van der Waals surface area contributed by atoms with Gasteiger partial charge in [0.25, 0.3) is 0 Å². The summed E-state index contributed by atoms with van der Waals surface area (Å²) in [5.41, 5.74) is 1.64. The summed E-state index contributed by atoms with van der Waals surface area (Å²) in [7, 11) is 1.55. The van der Waals surface area contributed by atoms with Crippen molar-refractivity contribution < 1.29 is 14.3 Å². The quantitative estimate of drug-likeness (QED) is 0.785. The van der Waals surface area contributed by atoms with E-state index in [1.54, 1.807) is 19.2 Å². The highest BCUT2D eigenvalue weighted by atomic mass is 35.5. The summed E-state index contributed by atoms with van der Waals surface area (Å²) in [5, 5.41) is 5.72. The van der Waals surface area contributed by atoms with Crippen molar-refractivity contribution in [1.82, 2.24) is 10.6 Å². The van der Waals surface area contributed by atoms with Crippen LogP contribution in [0.3, 0.4) is 0 Å². The van der Waals surface area contributed by atoms with Crippen LogP contribution >= 0.6 is 11.6 Å². The van der Waals surface area contributed by atoms with Crippen LogP contribution in [0.4, 0.5) is 0 Å². The molecule has 5 nitrogen and oxygen atoms in total. The van der Waals surface area contributed by atoms with Crippen LogP contribution in [0.25, 0.3) is 0 Å². The van der Waals surface area contributed by atoms with Gasteiger partial charge in [0, 0.05) is 17.1 Å². The maximum Gasteiger partial charge on any atom is 0.309 e. The molecule has 2 rings (SSSR count). The van der Waals surface area contributed by atoms with Gasteiger partial charge in [0.15, 0.2) is 0 Å². The number of halogens is 1. The van der Waals surface area contributed by atoms with E-state index < -0.39 is 11.8 Å². The number of hydrogen-bond donors (Lipinski definition) is 2. The molecule has 1 heterocycles. The average Bonchev–Trinajstić information content (AvgIpc) is 2.35. The zero-order chi connectivity index (χ0) is 13.3. The lowest BCUT2D eigenvalue weighted by Crippen LogP contribution is -2.51. The zero-order valence-electron chi connectivity index (χ0n) is 10.0. The summed E-state index contributed by atoms with van der Waals surface area (Å²) in [5.74, 6) is -0.633. The molecule has 1 atom stereocenters. The number of carbonyl (C=O) groups is 2. The Morgan fingerprint density at radius 3 is 2.67 bits per heavy atom. The molecule has 1 fully saturated rings. The van der Waals surface area contributed by atoms with Crippen LogP contribution in [0.2, 0.25) is 5.02 Å². The fourth-order valence-corrected chi connectivity index (χ4v) is 2.03. The summed E-state index contributed by atoms with van der Waals surface area (Å²) in [4.78, 5) is 22.4. The maximum absolute atomic E-state index is 11.3. The van der Waals surface area contributed by atoms with Crippen molar-refractivity contribution in [3.63, 3.8) is 0 Å². The molecule has 1 aromatic rings. The fraction of sp³-hybridized carbons (Fsp3) is 0.333. The molecule has 1 aliphatic rings. The van der Waals surface area contributed by atoms with Gasteiger partial charge in [-0.2, -0.15) is 0 Å². The molecule has 0 radical (unpaired) electrons. The largest absolute Gasteiger partial charge is 0.496 e. The Hall–Kier alpha value is -1.75. The Kier molecular flexibility index (Phi) is 3.43. The molecule has 0 saturated carbocycles. The van der Waals surface area contributed by atoms with Crippen LogP contribution in [-0.2, 0) is 9.59 Å². The molecule has 6 heteroatoms. The molecule has 1 aliphatic heterocycles. The Bertz CT molecular complexity index is 516. The van der Waals surface area contributed by atoms with Gasteiger partial charge in [-0.1, -0.05) is 11.6 Å². The van der Waals surface area contributed by atoms with Gasteiger partial charge < -0.3 is 15.4 Å². The molecule has 0 spiro atoms. The molecular weight excluding hydrogens is 256 g/mol. The molecule has 2 N–H and O–H groups in total. The molecule has 1 aromatic carbocycles. The predicted octanol–water partition coefficient (Wildman–Crippen LogP) is 0.944. The third-order valence-electron chi connectivity index (χ3n) is 2.86. The predicted molar refractivity (Wildman–Crippen MR) is 66.6 cm³/mol. The fourth-order valence-electron chi connectivity index (χ4n) is 1.86. The van der Waals surface area contributed by atoms with Gasteiger partial charge >= 0.3 is 11.8 Å². The van der Waals surface area contributed by atoms with Gasteiger partial charge in [-0.3, -0.25) is 9.59 Å². The monoisotopic (exact) mass is 268 g/mol. The van der Waals surface area contributed by atoms with Crippen molar-refractivity contribution in [1.29, 1.82) is 0 Å². The molecular formula is C12H13ClN2O3. The molecule has 0 aliphatic carbocycles. The van der Waals surface area contributed by atoms with Crippen LogP contribution in [0.1, 0.15) is 17.2 Å². The third-order valence-corrected chi connectivity index (χ3v) is 3.27. The molecule has 18 heavy (non-hydrogen) atoms. The number of ether oxygens (including phenoxy) is 1. The Morgan fingerprint density at radius 1 is 1.33 bits per heavy atom. The van der Waals surface area contributed by atoms with Crippen molar-refractivity contribution in [2.75, 3.05) is 13.7 Å². The smallest absolute Gasteiger partial charge is 0.309 e. The SMILES string of the molecule is COc1cc(C)c(Cl)cc1C1CNC(=O)C(=O)N1. The van der Waals surface area contributed by atoms with Crippen molar-refractivity contribution in [2.45, 2.75) is 13.0 Å². The number of methoxy groups -OCH3 is 1. The first kappa shape index (κ1) is 12.7. The number of aryl methyl sites for hydroxylation is 1. The van der Waals surface area contributed by atoms with Crippen LogP contribution in [0.5, 0.6) is 5.75 Å². The van der Waals surface area contributed by atoms with Crippen molar-refractivity contribution >= 4 is 23.4 Å². The highest BCUT2D eigenvalue weighted by molar-refractivity contribution is 6.35. The van der Waals surface area contributed by atoms with Crippen LogP contribution < -0.4 is 15.4 Å². The van der Waals surface area contributed by atoms with E-state index in [4.69, 9.17) is 16.3 Å². The summed E-state index contributed by atoms with van der Waals surface area (Å²) in [6.07, 6.45) is 0. The standard InChI is InChI=1S/C12H13ClN2O3/c1-6-3-10(18-2)7(4-8(6)13)9-5-14-11(16)12(17)15-9/h3-4,9H,5H2,1-2H3,(H,14,16)(H,15,17). The van der Waals surface area contributed by atoms with E-state index in [2.05, 4.69) is 10.6 Å². The van der Waals surface area contributed by atoms with E-state index in [0.29, 0.717) is 17.3 Å². The number of rotatable bonds is 2. The van der Waals surface area contributed by atoms with Crippen LogP contribution in [-0.4, -0.2) is 25.5 Å². The summed E-state index contributed by atoms with van der Waals surface area (Å²) in [6, 6.07) is 3.22. The van der Waals surface area contributed by atoms with Crippen molar-refractivity contribution in [2.24, 2.45) is 0 Å². The summed E-state index contributed by atoms with van der Waals surface area (Å²) in [6.45, 7) is 2.19. The first-order valence-electron chi connectivity index (χ1n) is 5.45. The van der Waals surface area contributed by atoms with Gasteiger partial charge in [0.1, 0.15) is 5.75 Å². The van der Waals surface area contributed by atoms with E-state index in [-0.39, 0.29) is 6.04 Å². The number of piperazine rings is 1. The zero-order valence-corrected chi connectivity index (χ0v) is 10.8. The van der Waals surface area contributed by atoms with Gasteiger partial charge in [-0.15, -0.1) is 0 Å². The second kappa shape index (κ2) is 4.86. The second-order valence-corrected chi connectivity index (χ2v) is 4.49. The normalized spacial score (nSPS) is 19.2. The van der Waals surface area contributed by atoms with Gasteiger partial charge in [-0.25, -0.2) is 0 Å². The first-order valence-corrected chi connectivity index (χ1v) is 5.83. The highest BCUT2D eigenvalue weighted by Crippen LogP contribution is 2.31. The molecule has 1 unspecified atom stereocenters. The number of hydrogen-bond acceptors (Lipinski definition) is 3. The minimum atomic E-state index is -0.648. The van der Waals surface area contributed by atoms with Crippen LogP contribution in [0.15, 0.2) is 12.1 Å². The Balaban J connectivity index is 2.35. The third kappa shape index (κ3) is 2.26. The van der Waals surface area contributed by atoms with E-state index in [0.717, 1.165) is 11.1 Å². The number of nitrogens with one attached hydrogen (secondary N) is 2. The van der Waals surface area contributed by atoms with E-state index in [9.17, 15) is 9.59 Å². The topological polar surface area (TPSA) is 67.4 Å². The maximum atomic E-state index is 11.3. The lowest BCUT2D eigenvalue weighted by molar-refractivity contribution is -0.141. The van der Waals surface area contributed by atoms with E-state index in [1.165, 1.54) is 0 Å². The average molecular weight is 269 g/mol. The first-order chi connectivity index (χ1) is 8.52. The molecule has 96 valence electrons. The minimum absolute atomic E-state index is 0.320. The van der Waals surface area contributed by atoms with Crippen molar-refractivity contribution in [3.05, 3.63) is 28.3 Å². The molecule has 2 amide bonds. The van der Waals surface area contributed by atoms with Crippen molar-refractivity contribution in [3.8, 4) is 5.75 Å². The van der Waals surface area contributed by atoms with Crippen LogP contribution in [0, 0.1) is 6.92 Å². The minimum Gasteiger partial charge on any atom is -0.496 e. The van der Waals surface area contributed by atoms with E-state index >= 15 is 0 Å². The van der Waals surface area contributed by atoms with Gasteiger partial charge in [-0.05, 0) is 24.6 Å². The Morgan fingerprint density at radius 2 is 2.06 bits per heavy atom. The van der Waals surface area contributed by atoms with Gasteiger partial charge in [0.05, 0.1) is 13.2 Å². The Labute approximate surface area is 109 Å². The summed E-state index contributed by atoms with van der Waals surface area (Å²) < 4.78 is 5.27. The molecule has 0 bridgehead atoms. The lowest BCUT2D eigenvalue weighted by Gasteiger charge is -2.25. The lowest BCUT2D eigenvalue weighted by atomic mass is 10.0. The molecule has 0 aromatic heterocycles. The highest BCUT2D eigenvalue weighted by Gasteiger charge is 2.28. The van der Waals surface area contributed by atoms with E-state index in [1.807, 2.05) is 6.92 Å². The number of carbonyl (C=O) groups excluding carboxylic acids is 2. The second-order valence-electron chi connectivity index (χ2n) is 4.08. The number of benzene rings is 1. The van der Waals surface area contributed by atoms with Gasteiger partial charge in [0.2, 0.25) is 0 Å². The number of amides is 2. The molecule has 1 saturated heterocycles. The summed E-state index contributed by atoms with van der Waals surface area (Å²) >= 11 is 6.07.